The Morgan fingerprint density at radius 1 is 0.396 bits per heavy atom. The molecule has 0 saturated heterocycles. The highest BCUT2D eigenvalue weighted by atomic mass is 16.3. The minimum absolute atomic E-state index is 0.551. The number of hydrogen-bond donors (Lipinski definition) is 0. The summed E-state index contributed by atoms with van der Waals surface area (Å²) in [5, 5.41) is 4.93. The van der Waals surface area contributed by atoms with Gasteiger partial charge in [0.2, 0.25) is 5.71 Å². The van der Waals surface area contributed by atoms with Gasteiger partial charge in [-0.15, -0.1) is 0 Å². The molecule has 6 heteroatoms. The summed E-state index contributed by atoms with van der Waals surface area (Å²) in [6, 6.07) is 48.8. The molecule has 6 aromatic carbocycles. The van der Waals surface area contributed by atoms with E-state index in [9.17, 15) is 0 Å². The van der Waals surface area contributed by atoms with Gasteiger partial charge >= 0.3 is 0 Å². The lowest BCUT2D eigenvalue weighted by Crippen LogP contribution is -2.00. The third-order valence-electron chi connectivity index (χ3n) is 8.95. The van der Waals surface area contributed by atoms with Crippen LogP contribution in [0.2, 0.25) is 0 Å². The van der Waals surface area contributed by atoms with Gasteiger partial charge in [0.25, 0.3) is 0 Å². The van der Waals surface area contributed by atoms with Crippen molar-refractivity contribution >= 4 is 54.9 Å². The van der Waals surface area contributed by atoms with E-state index >= 15 is 0 Å². The van der Waals surface area contributed by atoms with Gasteiger partial charge in [0.15, 0.2) is 17.5 Å². The first kappa shape index (κ1) is 26.5. The molecule has 10 aromatic rings. The molecule has 0 spiro atoms. The number of nitrogens with zero attached hydrogens (tertiary/aromatic N) is 4. The van der Waals surface area contributed by atoms with Gasteiger partial charge in [-0.2, -0.15) is 0 Å². The van der Waals surface area contributed by atoms with Crippen LogP contribution in [0.25, 0.3) is 100 Å². The normalized spacial score (nSPS) is 11.8. The third kappa shape index (κ3) is 4.13. The molecule has 0 N–H and O–H groups in total. The third-order valence-corrected chi connectivity index (χ3v) is 8.95. The Morgan fingerprint density at radius 2 is 1.02 bits per heavy atom. The lowest BCUT2D eigenvalue weighted by Gasteiger charge is -2.11. The molecule has 0 aliphatic carbocycles. The highest BCUT2D eigenvalue weighted by molar-refractivity contribution is 6.19. The molecule has 0 fully saturated rings. The zero-order valence-electron chi connectivity index (χ0n) is 25.5. The maximum absolute atomic E-state index is 6.74. The fourth-order valence-corrected chi connectivity index (χ4v) is 6.69. The molecule has 10 rings (SSSR count). The van der Waals surface area contributed by atoms with E-state index in [-0.39, 0.29) is 0 Å². The molecule has 0 atom stereocenters. The predicted molar refractivity (Wildman–Crippen MR) is 191 cm³/mol. The SMILES string of the molecule is c1ccc(-c2nc(-c3ccccc3)nc(-c3ccc(-c4cccc5c4oc4ccccc45)c4oc5nc6ccccc6cc5c34)n2)cc1. The van der Waals surface area contributed by atoms with Gasteiger partial charge in [-0.1, -0.05) is 115 Å². The van der Waals surface area contributed by atoms with Crippen LogP contribution < -0.4 is 0 Å². The van der Waals surface area contributed by atoms with Crippen molar-refractivity contribution in [3.8, 4) is 45.3 Å². The van der Waals surface area contributed by atoms with Crippen LogP contribution in [0, 0.1) is 0 Å². The number of hydrogen-bond acceptors (Lipinski definition) is 6. The summed E-state index contributed by atoms with van der Waals surface area (Å²) in [6.07, 6.45) is 0. The maximum atomic E-state index is 6.74. The van der Waals surface area contributed by atoms with Crippen molar-refractivity contribution in [3.63, 3.8) is 0 Å². The largest absolute Gasteiger partial charge is 0.455 e. The summed E-state index contributed by atoms with van der Waals surface area (Å²) in [5.41, 5.74) is 8.26. The van der Waals surface area contributed by atoms with Gasteiger partial charge in [-0.3, -0.25) is 0 Å². The number of para-hydroxylation sites is 3. The molecule has 0 radical (unpaired) electrons. The van der Waals surface area contributed by atoms with Gasteiger partial charge in [-0.05, 0) is 30.3 Å². The summed E-state index contributed by atoms with van der Waals surface area (Å²) in [7, 11) is 0. The van der Waals surface area contributed by atoms with Gasteiger partial charge in [-0.25, -0.2) is 19.9 Å². The van der Waals surface area contributed by atoms with E-state index in [1.165, 1.54) is 0 Å². The van der Waals surface area contributed by atoms with E-state index in [0.29, 0.717) is 28.8 Å². The quantitative estimate of drug-likeness (QED) is 0.196. The van der Waals surface area contributed by atoms with Crippen LogP contribution in [-0.4, -0.2) is 19.9 Å². The average Bonchev–Trinajstić information content (AvgIpc) is 3.73. The molecule has 0 unspecified atom stereocenters. The van der Waals surface area contributed by atoms with E-state index in [1.807, 2.05) is 97.1 Å². The summed E-state index contributed by atoms with van der Waals surface area (Å²) in [4.78, 5) is 20.0. The molecule has 4 heterocycles. The Balaban J connectivity index is 1.30. The van der Waals surface area contributed by atoms with Crippen LogP contribution in [0.4, 0.5) is 0 Å². The first-order valence-corrected chi connectivity index (χ1v) is 15.8. The predicted octanol–water partition coefficient (Wildman–Crippen LogP) is 10.9. The molecule has 0 bridgehead atoms. The summed E-state index contributed by atoms with van der Waals surface area (Å²) >= 11 is 0. The minimum atomic E-state index is 0.551. The topological polar surface area (TPSA) is 77.8 Å². The van der Waals surface area contributed by atoms with Crippen LogP contribution >= 0.6 is 0 Å². The molecular formula is C42H24N4O2. The minimum Gasteiger partial charge on any atom is -0.455 e. The van der Waals surface area contributed by atoms with E-state index < -0.39 is 0 Å². The number of rotatable bonds is 4. The van der Waals surface area contributed by atoms with Gasteiger partial charge < -0.3 is 8.83 Å². The zero-order chi connectivity index (χ0) is 31.6. The molecule has 224 valence electrons. The summed E-state index contributed by atoms with van der Waals surface area (Å²) in [5.74, 6) is 1.75. The molecular weight excluding hydrogens is 592 g/mol. The van der Waals surface area contributed by atoms with Crippen LogP contribution in [0.5, 0.6) is 0 Å². The van der Waals surface area contributed by atoms with Crippen LogP contribution in [0.15, 0.2) is 154 Å². The number of fused-ring (bicyclic) bond motifs is 7. The Hall–Kier alpha value is -6.66. The van der Waals surface area contributed by atoms with Crippen LogP contribution in [0.1, 0.15) is 0 Å². The standard InChI is InChI=1S/C42H24N4O2/c1-3-12-25(13-4-1)39-44-40(26-14-5-2-6-15-26)46-41(45-39)32-23-22-31(30-19-11-18-29-28-17-8-10-21-35(28)47-37(29)30)38-36(32)33-24-27-16-7-9-20-34(27)43-42(33)48-38/h1-24H. The van der Waals surface area contributed by atoms with Gasteiger partial charge in [0.1, 0.15) is 16.7 Å². The van der Waals surface area contributed by atoms with Crippen molar-refractivity contribution in [3.05, 3.63) is 146 Å². The highest BCUT2D eigenvalue weighted by Crippen LogP contribution is 2.44. The number of benzene rings is 6. The van der Waals surface area contributed by atoms with Crippen LogP contribution in [-0.2, 0) is 0 Å². The smallest absolute Gasteiger partial charge is 0.227 e. The second kappa shape index (κ2) is 10.4. The first-order chi connectivity index (χ1) is 23.8. The van der Waals surface area contributed by atoms with E-state index in [4.69, 9.17) is 28.8 Å². The van der Waals surface area contributed by atoms with Gasteiger partial charge in [0.05, 0.1) is 5.52 Å². The Labute approximate surface area is 274 Å². The first-order valence-electron chi connectivity index (χ1n) is 15.8. The van der Waals surface area contributed by atoms with E-state index in [2.05, 4.69) is 48.5 Å². The van der Waals surface area contributed by atoms with Crippen LogP contribution in [0.3, 0.4) is 0 Å². The zero-order valence-corrected chi connectivity index (χ0v) is 25.5. The Morgan fingerprint density at radius 3 is 1.81 bits per heavy atom. The van der Waals surface area contributed by atoms with Crippen molar-refractivity contribution in [1.82, 2.24) is 19.9 Å². The lowest BCUT2D eigenvalue weighted by atomic mass is 9.96. The molecule has 0 aliphatic heterocycles. The Kier molecular flexibility index (Phi) is 5.77. The van der Waals surface area contributed by atoms with Gasteiger partial charge in [0, 0.05) is 54.7 Å². The van der Waals surface area contributed by atoms with E-state index in [1.54, 1.807) is 0 Å². The molecule has 48 heavy (non-hydrogen) atoms. The second-order valence-electron chi connectivity index (χ2n) is 11.8. The molecule has 4 aromatic heterocycles. The van der Waals surface area contributed by atoms with Crippen molar-refractivity contribution in [2.24, 2.45) is 0 Å². The van der Waals surface area contributed by atoms with E-state index in [0.717, 1.165) is 71.4 Å². The molecule has 0 saturated carbocycles. The maximum Gasteiger partial charge on any atom is 0.227 e. The average molecular weight is 617 g/mol. The van der Waals surface area contributed by atoms with Crippen molar-refractivity contribution in [2.45, 2.75) is 0 Å². The molecule has 0 amide bonds. The van der Waals surface area contributed by atoms with Crippen molar-refractivity contribution in [2.75, 3.05) is 0 Å². The summed E-state index contributed by atoms with van der Waals surface area (Å²) in [6.45, 7) is 0. The number of furan rings is 2. The highest BCUT2D eigenvalue weighted by Gasteiger charge is 2.23. The molecule has 0 aliphatic rings. The Bertz CT molecular complexity index is 2780. The fraction of sp³-hybridized carbons (Fsp3) is 0. The molecule has 6 nitrogen and oxygen atoms in total. The monoisotopic (exact) mass is 616 g/mol. The summed E-state index contributed by atoms with van der Waals surface area (Å²) < 4.78 is 13.2. The van der Waals surface area contributed by atoms with Crippen molar-refractivity contribution < 1.29 is 8.83 Å². The number of pyridine rings is 1. The second-order valence-corrected chi connectivity index (χ2v) is 11.8. The lowest BCUT2D eigenvalue weighted by molar-refractivity contribution is 0.655. The van der Waals surface area contributed by atoms with Crippen molar-refractivity contribution in [1.29, 1.82) is 0 Å². The number of aromatic nitrogens is 4. The fourth-order valence-electron chi connectivity index (χ4n) is 6.69.